The summed E-state index contributed by atoms with van der Waals surface area (Å²) >= 11 is 0. The fraction of sp³-hybridized carbons (Fsp3) is 0.571. The van der Waals surface area contributed by atoms with E-state index in [1.165, 1.54) is 6.42 Å². The van der Waals surface area contributed by atoms with Crippen LogP contribution in [-0.4, -0.2) is 11.3 Å². The monoisotopic (exact) mass is 234 g/mol. The lowest BCUT2D eigenvalue weighted by Crippen LogP contribution is -2.26. The van der Waals surface area contributed by atoms with Gasteiger partial charge in [0.15, 0.2) is 0 Å². The summed E-state index contributed by atoms with van der Waals surface area (Å²) in [6.45, 7) is 4.57. The zero-order chi connectivity index (χ0) is 11.4. The summed E-state index contributed by atoms with van der Waals surface area (Å²) in [6.07, 6.45) is 4.50. The van der Waals surface area contributed by atoms with E-state index in [2.05, 4.69) is 26.0 Å². The molecule has 16 heavy (non-hydrogen) atoms. The fourth-order valence-corrected chi connectivity index (χ4v) is 8.21. The number of benzene rings is 1. The van der Waals surface area contributed by atoms with Crippen LogP contribution in [0.2, 0.25) is 0 Å². The van der Waals surface area contributed by atoms with Gasteiger partial charge in [-0.15, -0.1) is 0 Å². The Bertz CT molecular complexity index is 467. The van der Waals surface area contributed by atoms with Crippen LogP contribution in [0.15, 0.2) is 30.3 Å². The highest BCUT2D eigenvalue weighted by Gasteiger charge is 2.62. The van der Waals surface area contributed by atoms with Crippen LogP contribution in [0.25, 0.3) is 0 Å². The topological polar surface area (TPSA) is 17.1 Å². The van der Waals surface area contributed by atoms with Crippen LogP contribution >= 0.6 is 7.14 Å². The summed E-state index contributed by atoms with van der Waals surface area (Å²) in [5.74, 6) is 0. The van der Waals surface area contributed by atoms with Gasteiger partial charge in [-0.25, -0.2) is 0 Å². The van der Waals surface area contributed by atoms with E-state index in [1.807, 2.05) is 18.2 Å². The van der Waals surface area contributed by atoms with Gasteiger partial charge in [0.05, 0.1) is 0 Å². The van der Waals surface area contributed by atoms with Crippen LogP contribution in [0.3, 0.4) is 0 Å². The minimum absolute atomic E-state index is 0.0864. The smallest absolute Gasteiger partial charge is 0.121 e. The van der Waals surface area contributed by atoms with Crippen LogP contribution in [-0.2, 0) is 4.57 Å². The molecule has 1 nitrogen and oxygen atoms in total. The Morgan fingerprint density at radius 2 is 1.81 bits per heavy atom. The Labute approximate surface area is 97.6 Å². The molecule has 86 valence electrons. The van der Waals surface area contributed by atoms with Crippen LogP contribution in [0, 0.1) is 5.41 Å². The number of hydrogen-bond donors (Lipinski definition) is 0. The second kappa shape index (κ2) is 3.01. The first kappa shape index (κ1) is 10.6. The van der Waals surface area contributed by atoms with E-state index in [0.717, 1.165) is 24.3 Å². The average Bonchev–Trinajstić information content (AvgIpc) is 2.66. The Morgan fingerprint density at radius 3 is 2.31 bits per heavy atom. The zero-order valence-corrected chi connectivity index (χ0v) is 11.0. The van der Waals surface area contributed by atoms with Crippen LogP contribution in [0.1, 0.15) is 33.1 Å². The van der Waals surface area contributed by atoms with Crippen molar-refractivity contribution in [3.05, 3.63) is 30.3 Å². The van der Waals surface area contributed by atoms with Gasteiger partial charge in [0.1, 0.15) is 7.14 Å². The molecule has 0 amide bonds. The van der Waals surface area contributed by atoms with Gasteiger partial charge < -0.3 is 4.57 Å². The molecule has 2 fully saturated rings. The summed E-state index contributed by atoms with van der Waals surface area (Å²) < 4.78 is 13.3. The number of fused-ring (bicyclic) bond motifs is 2. The molecule has 1 aromatic carbocycles. The lowest BCUT2D eigenvalue weighted by atomic mass is 9.91. The summed E-state index contributed by atoms with van der Waals surface area (Å²) in [5, 5.41) is 1.20. The van der Waals surface area contributed by atoms with Gasteiger partial charge >= 0.3 is 0 Å². The van der Waals surface area contributed by atoms with Gasteiger partial charge in [-0.2, -0.15) is 0 Å². The van der Waals surface area contributed by atoms with E-state index < -0.39 is 7.14 Å². The van der Waals surface area contributed by atoms with Crippen molar-refractivity contribution in [1.82, 2.24) is 0 Å². The van der Waals surface area contributed by atoms with Gasteiger partial charge in [-0.3, -0.25) is 0 Å². The molecule has 0 aromatic heterocycles. The highest BCUT2D eigenvalue weighted by molar-refractivity contribution is 7.73. The third kappa shape index (κ3) is 1.21. The molecule has 3 rings (SSSR count). The molecular formula is C14H19OP. The molecule has 2 heteroatoms. The molecule has 0 spiro atoms. The Kier molecular flexibility index (Phi) is 2.00. The van der Waals surface area contributed by atoms with Crippen molar-refractivity contribution < 1.29 is 4.57 Å². The second-order valence-electron chi connectivity index (χ2n) is 6.22. The van der Waals surface area contributed by atoms with Crippen molar-refractivity contribution in [2.24, 2.45) is 5.41 Å². The summed E-state index contributed by atoms with van der Waals surface area (Å²) in [5.41, 5.74) is 0.347. The third-order valence-corrected chi connectivity index (χ3v) is 9.19. The van der Waals surface area contributed by atoms with Crippen molar-refractivity contribution in [2.45, 2.75) is 38.3 Å². The Balaban J connectivity index is 2.12. The maximum Gasteiger partial charge on any atom is 0.121 e. The third-order valence-electron chi connectivity index (χ3n) is 4.72. The Hall–Kier alpha value is -0.550. The predicted octanol–water partition coefficient (Wildman–Crippen LogP) is 3.64. The lowest BCUT2D eigenvalue weighted by molar-refractivity contribution is 0.395. The standard InChI is InChI=1S/C14H19OP/c1-13-8-9-14(2,10-13)16(15,11-13)12-6-4-3-5-7-12/h3-7H,8-11H2,1-2H3/t13-,14+,16-/m0/s1. The maximum atomic E-state index is 13.3. The van der Waals surface area contributed by atoms with E-state index in [0.29, 0.717) is 5.41 Å². The van der Waals surface area contributed by atoms with Crippen molar-refractivity contribution in [3.63, 3.8) is 0 Å². The summed E-state index contributed by atoms with van der Waals surface area (Å²) in [6, 6.07) is 10.2. The summed E-state index contributed by atoms with van der Waals surface area (Å²) in [4.78, 5) is 0. The first-order valence-electron chi connectivity index (χ1n) is 6.12. The molecule has 0 unspecified atom stereocenters. The number of rotatable bonds is 1. The van der Waals surface area contributed by atoms with Crippen molar-refractivity contribution in [2.75, 3.05) is 6.16 Å². The largest absolute Gasteiger partial charge is 0.318 e. The molecule has 1 heterocycles. The Morgan fingerprint density at radius 1 is 1.12 bits per heavy atom. The van der Waals surface area contributed by atoms with E-state index in [4.69, 9.17) is 0 Å². The van der Waals surface area contributed by atoms with E-state index in [-0.39, 0.29) is 5.16 Å². The second-order valence-corrected chi connectivity index (χ2v) is 9.61. The van der Waals surface area contributed by atoms with Gasteiger partial charge in [-0.1, -0.05) is 44.2 Å². The molecule has 0 radical (unpaired) electrons. The molecule has 0 N–H and O–H groups in total. The highest BCUT2D eigenvalue weighted by Crippen LogP contribution is 2.76. The minimum Gasteiger partial charge on any atom is -0.318 e. The van der Waals surface area contributed by atoms with E-state index in [9.17, 15) is 4.57 Å². The molecule has 2 bridgehead atoms. The van der Waals surface area contributed by atoms with E-state index >= 15 is 0 Å². The van der Waals surface area contributed by atoms with Crippen LogP contribution in [0.5, 0.6) is 0 Å². The van der Waals surface area contributed by atoms with Gasteiger partial charge in [-0.05, 0) is 24.7 Å². The lowest BCUT2D eigenvalue weighted by Gasteiger charge is -2.33. The predicted molar refractivity (Wildman–Crippen MR) is 68.9 cm³/mol. The molecule has 1 saturated heterocycles. The van der Waals surface area contributed by atoms with Crippen LogP contribution in [0.4, 0.5) is 0 Å². The van der Waals surface area contributed by atoms with Crippen LogP contribution < -0.4 is 5.30 Å². The van der Waals surface area contributed by atoms with Crippen molar-refractivity contribution >= 4 is 12.4 Å². The maximum absolute atomic E-state index is 13.3. The summed E-state index contributed by atoms with van der Waals surface area (Å²) in [7, 11) is -2.16. The molecule has 1 aliphatic heterocycles. The number of hydrogen-bond acceptors (Lipinski definition) is 1. The van der Waals surface area contributed by atoms with Gasteiger partial charge in [0, 0.05) is 16.6 Å². The first-order chi connectivity index (χ1) is 7.48. The normalized spacial score (nSPS) is 46.1. The van der Waals surface area contributed by atoms with Crippen molar-refractivity contribution in [3.8, 4) is 0 Å². The molecule has 2 aliphatic rings. The minimum atomic E-state index is -2.16. The first-order valence-corrected chi connectivity index (χ1v) is 8.02. The zero-order valence-electron chi connectivity index (χ0n) is 10.1. The van der Waals surface area contributed by atoms with Crippen molar-refractivity contribution in [1.29, 1.82) is 0 Å². The molecule has 3 atom stereocenters. The quantitative estimate of drug-likeness (QED) is 0.678. The fourth-order valence-electron chi connectivity index (χ4n) is 3.91. The molecule has 1 aromatic rings. The molecule has 1 aliphatic carbocycles. The molecular weight excluding hydrogens is 215 g/mol. The van der Waals surface area contributed by atoms with Gasteiger partial charge in [0.25, 0.3) is 0 Å². The SMILES string of the molecule is C[C@]12CC[C@](C)(C1)[P@@](=O)(c1ccccc1)C2. The average molecular weight is 234 g/mol. The van der Waals surface area contributed by atoms with Gasteiger partial charge in [0.2, 0.25) is 0 Å². The molecule has 1 saturated carbocycles. The highest BCUT2D eigenvalue weighted by atomic mass is 31.2. The van der Waals surface area contributed by atoms with E-state index in [1.54, 1.807) is 0 Å².